The first-order chi connectivity index (χ1) is 13.9. The maximum atomic E-state index is 12.4. The number of amides is 1. The van der Waals surface area contributed by atoms with E-state index in [9.17, 15) is 4.79 Å². The van der Waals surface area contributed by atoms with E-state index in [-0.39, 0.29) is 18.5 Å². The fourth-order valence-electron chi connectivity index (χ4n) is 3.31. The molecule has 1 saturated heterocycles. The average molecular weight is 437 g/mol. The second kappa shape index (κ2) is 9.98. The van der Waals surface area contributed by atoms with Crippen molar-refractivity contribution < 1.29 is 4.79 Å². The third-order valence-corrected chi connectivity index (χ3v) is 4.95. The predicted molar refractivity (Wildman–Crippen MR) is 119 cm³/mol. The van der Waals surface area contributed by atoms with E-state index in [1.165, 1.54) is 0 Å². The molecule has 1 amide bonds. The molecule has 1 aliphatic heterocycles. The largest absolute Gasteiger partial charge is 0.376 e. The number of piperidine rings is 1. The number of carbonyl (C=O) groups is 1. The Hall–Kier alpha value is -2.25. The first-order valence-electron chi connectivity index (χ1n) is 9.72. The van der Waals surface area contributed by atoms with E-state index < -0.39 is 0 Å². The molecule has 0 unspecified atom stereocenters. The van der Waals surface area contributed by atoms with Crippen LogP contribution < -0.4 is 20.9 Å². The lowest BCUT2D eigenvalue weighted by molar-refractivity contribution is -0.120. The van der Waals surface area contributed by atoms with Crippen molar-refractivity contribution >= 4 is 46.4 Å². The highest BCUT2D eigenvalue weighted by molar-refractivity contribution is 6.35. The van der Waals surface area contributed by atoms with Crippen molar-refractivity contribution in [3.05, 3.63) is 40.6 Å². The number of hydrogen-bond acceptors (Lipinski definition) is 6. The van der Waals surface area contributed by atoms with Gasteiger partial charge in [0.25, 0.3) is 0 Å². The van der Waals surface area contributed by atoms with Gasteiger partial charge in [-0.2, -0.15) is 0 Å². The van der Waals surface area contributed by atoms with Gasteiger partial charge in [0.05, 0.1) is 6.54 Å². The summed E-state index contributed by atoms with van der Waals surface area (Å²) in [4.78, 5) is 23.2. The number of nitrogens with zero attached hydrogens (tertiary/aromatic N) is 3. The average Bonchev–Trinajstić information content (AvgIpc) is 2.66. The zero-order chi connectivity index (χ0) is 20.8. The van der Waals surface area contributed by atoms with Crippen LogP contribution in [0.2, 0.25) is 10.0 Å². The molecule has 1 atom stereocenters. The second-order valence-electron chi connectivity index (χ2n) is 7.42. The van der Waals surface area contributed by atoms with Crippen LogP contribution in [-0.2, 0) is 4.79 Å². The number of nitrogens with one attached hydrogen (secondary N) is 3. The highest BCUT2D eigenvalue weighted by atomic mass is 35.5. The molecule has 9 heteroatoms. The van der Waals surface area contributed by atoms with Gasteiger partial charge in [-0.15, -0.1) is 0 Å². The van der Waals surface area contributed by atoms with Gasteiger partial charge < -0.3 is 20.9 Å². The van der Waals surface area contributed by atoms with Crippen LogP contribution in [0.1, 0.15) is 26.7 Å². The molecule has 7 nitrogen and oxygen atoms in total. The monoisotopic (exact) mass is 436 g/mol. The Morgan fingerprint density at radius 3 is 2.69 bits per heavy atom. The molecule has 0 saturated carbocycles. The minimum atomic E-state index is -0.0715. The normalized spacial score (nSPS) is 16.6. The third-order valence-electron chi connectivity index (χ3n) is 4.52. The molecule has 3 N–H and O–H groups in total. The summed E-state index contributed by atoms with van der Waals surface area (Å²) in [6.45, 7) is 5.92. The van der Waals surface area contributed by atoms with Crippen LogP contribution in [0.4, 0.5) is 17.3 Å². The van der Waals surface area contributed by atoms with Crippen LogP contribution in [0.15, 0.2) is 30.6 Å². The zero-order valence-electron chi connectivity index (χ0n) is 16.6. The minimum absolute atomic E-state index is 0.0671. The molecule has 1 fully saturated rings. The van der Waals surface area contributed by atoms with Crippen molar-refractivity contribution in [2.75, 3.05) is 35.2 Å². The quantitative estimate of drug-likeness (QED) is 0.612. The number of rotatable bonds is 7. The van der Waals surface area contributed by atoms with E-state index in [1.807, 2.05) is 6.07 Å². The number of anilines is 3. The van der Waals surface area contributed by atoms with Crippen molar-refractivity contribution in [3.63, 3.8) is 0 Å². The van der Waals surface area contributed by atoms with E-state index in [2.05, 4.69) is 44.7 Å². The zero-order valence-corrected chi connectivity index (χ0v) is 18.1. The van der Waals surface area contributed by atoms with Gasteiger partial charge in [0, 0.05) is 47.0 Å². The molecule has 2 aromatic rings. The van der Waals surface area contributed by atoms with Crippen LogP contribution in [0.3, 0.4) is 0 Å². The van der Waals surface area contributed by atoms with Crippen LogP contribution >= 0.6 is 23.2 Å². The van der Waals surface area contributed by atoms with Gasteiger partial charge in [-0.25, -0.2) is 9.97 Å². The summed E-state index contributed by atoms with van der Waals surface area (Å²) in [6.07, 6.45) is 3.49. The van der Waals surface area contributed by atoms with Crippen molar-refractivity contribution in [2.45, 2.75) is 38.8 Å². The van der Waals surface area contributed by atoms with Crippen molar-refractivity contribution in [1.82, 2.24) is 15.3 Å². The highest BCUT2D eigenvalue weighted by Gasteiger charge is 2.22. The molecule has 0 aliphatic carbocycles. The lowest BCUT2D eigenvalue weighted by atomic mass is 10.1. The van der Waals surface area contributed by atoms with E-state index in [0.717, 1.165) is 31.0 Å². The maximum absolute atomic E-state index is 12.4. The lowest BCUT2D eigenvalue weighted by Gasteiger charge is -2.34. The summed E-state index contributed by atoms with van der Waals surface area (Å²) < 4.78 is 0. The minimum Gasteiger partial charge on any atom is -0.376 e. The number of carbonyl (C=O) groups excluding carboxylic acids is 1. The summed E-state index contributed by atoms with van der Waals surface area (Å²) in [7, 11) is 0. The SMILES string of the molecule is CC(C)Nc1cc(N2CCC[C@@H](NC(=O)CNc3cc(Cl)cc(Cl)c3)C2)ncn1. The first-order valence-corrected chi connectivity index (χ1v) is 10.5. The van der Waals surface area contributed by atoms with Crippen molar-refractivity contribution in [3.8, 4) is 0 Å². The Morgan fingerprint density at radius 1 is 1.21 bits per heavy atom. The number of halogens is 2. The van der Waals surface area contributed by atoms with Gasteiger partial charge in [0.15, 0.2) is 0 Å². The topological polar surface area (TPSA) is 82.2 Å². The molecule has 1 aromatic carbocycles. The first kappa shape index (κ1) is 21.5. The van der Waals surface area contributed by atoms with Crippen LogP contribution in [0.25, 0.3) is 0 Å². The van der Waals surface area contributed by atoms with Crippen molar-refractivity contribution in [2.24, 2.45) is 0 Å². The molecule has 0 bridgehead atoms. The summed E-state index contributed by atoms with van der Waals surface area (Å²) >= 11 is 12.0. The third kappa shape index (κ3) is 6.65. The van der Waals surface area contributed by atoms with E-state index in [1.54, 1.807) is 24.5 Å². The molecule has 1 aromatic heterocycles. The fraction of sp³-hybridized carbons (Fsp3) is 0.450. The molecular weight excluding hydrogens is 411 g/mol. The second-order valence-corrected chi connectivity index (χ2v) is 8.30. The van der Waals surface area contributed by atoms with Gasteiger partial charge in [-0.1, -0.05) is 23.2 Å². The van der Waals surface area contributed by atoms with Gasteiger partial charge in [-0.3, -0.25) is 4.79 Å². The van der Waals surface area contributed by atoms with Crippen LogP contribution in [0, 0.1) is 0 Å². The summed E-state index contributed by atoms with van der Waals surface area (Å²) in [5.41, 5.74) is 0.717. The summed E-state index contributed by atoms with van der Waals surface area (Å²) in [6, 6.07) is 7.45. The van der Waals surface area contributed by atoms with E-state index >= 15 is 0 Å². The van der Waals surface area contributed by atoms with Gasteiger partial charge in [-0.05, 0) is 44.9 Å². The molecule has 0 spiro atoms. The lowest BCUT2D eigenvalue weighted by Crippen LogP contribution is -2.49. The van der Waals surface area contributed by atoms with E-state index in [0.29, 0.717) is 28.3 Å². The molecular formula is C20H26Cl2N6O. The van der Waals surface area contributed by atoms with Crippen LogP contribution in [-0.4, -0.2) is 47.6 Å². The molecule has 156 valence electrons. The molecule has 0 radical (unpaired) electrons. The predicted octanol–water partition coefficient (Wildman–Crippen LogP) is 3.80. The molecule has 29 heavy (non-hydrogen) atoms. The van der Waals surface area contributed by atoms with Gasteiger partial charge >= 0.3 is 0 Å². The molecule has 3 rings (SSSR count). The summed E-state index contributed by atoms with van der Waals surface area (Å²) in [5, 5.41) is 10.5. The Bertz CT molecular complexity index is 827. The summed E-state index contributed by atoms with van der Waals surface area (Å²) in [5.74, 6) is 1.60. The molecule has 2 heterocycles. The standard InChI is InChI=1S/C20H26Cl2N6O/c1-13(2)26-18-9-19(25-12-24-18)28-5-3-4-16(11-28)27-20(29)10-23-17-7-14(21)6-15(22)8-17/h6-9,12-13,16,23H,3-5,10-11H2,1-2H3,(H,27,29)(H,24,25,26)/t16-/m1/s1. The van der Waals surface area contributed by atoms with E-state index in [4.69, 9.17) is 23.2 Å². The fourth-order valence-corrected chi connectivity index (χ4v) is 3.84. The Kier molecular flexibility index (Phi) is 7.39. The number of aromatic nitrogens is 2. The Labute approximate surface area is 181 Å². The Morgan fingerprint density at radius 2 is 1.97 bits per heavy atom. The maximum Gasteiger partial charge on any atom is 0.239 e. The number of hydrogen-bond donors (Lipinski definition) is 3. The van der Waals surface area contributed by atoms with Crippen molar-refractivity contribution in [1.29, 1.82) is 0 Å². The number of benzene rings is 1. The van der Waals surface area contributed by atoms with Crippen LogP contribution in [0.5, 0.6) is 0 Å². The van der Waals surface area contributed by atoms with Gasteiger partial charge in [0.1, 0.15) is 18.0 Å². The molecule has 1 aliphatic rings. The highest BCUT2D eigenvalue weighted by Crippen LogP contribution is 2.22. The Balaban J connectivity index is 1.53. The smallest absolute Gasteiger partial charge is 0.239 e. The van der Waals surface area contributed by atoms with Gasteiger partial charge in [0.2, 0.25) is 5.91 Å².